The number of pyridine rings is 1. The molecule has 5 fully saturated rings. The van der Waals surface area contributed by atoms with Crippen molar-refractivity contribution in [3.05, 3.63) is 183 Å². The van der Waals surface area contributed by atoms with Crippen LogP contribution in [-0.4, -0.2) is 285 Å². The number of methoxy groups -OCH3 is 1. The molecule has 5 aromatic carbocycles. The van der Waals surface area contributed by atoms with Crippen LogP contribution in [0.25, 0.3) is 112 Å². The molecule has 11 aromatic heterocycles. The molecule has 0 spiro atoms. The topological polar surface area (TPSA) is 435 Å². The molecule has 5 aliphatic rings. The summed E-state index contributed by atoms with van der Waals surface area (Å²) in [4.78, 5) is 87.2. The van der Waals surface area contributed by atoms with Gasteiger partial charge in [0.25, 0.3) is 0 Å². The molecule has 21 rings (SSSR count). The number of imidazole rings is 5. The third-order valence-corrected chi connectivity index (χ3v) is 21.2. The molecule has 0 aliphatic carbocycles. The lowest BCUT2D eigenvalue weighted by atomic mass is 10.1. The van der Waals surface area contributed by atoms with E-state index in [0.29, 0.717) is 167 Å². The molecule has 5 saturated heterocycles. The maximum atomic E-state index is 9.96. The average Bonchev–Trinajstić information content (AvgIpc) is 1.70. The van der Waals surface area contributed by atoms with Crippen LogP contribution in [0.5, 0.6) is 28.7 Å². The maximum absolute atomic E-state index is 9.96. The van der Waals surface area contributed by atoms with Gasteiger partial charge in [-0.05, 0) is 72.3 Å². The predicted molar refractivity (Wildman–Crippen MR) is 467 cm³/mol. The predicted octanol–water partition coefficient (Wildman–Crippen LogP) is 8.32. The summed E-state index contributed by atoms with van der Waals surface area (Å²) in [6.07, 6.45) is 12.1. The molecule has 38 heteroatoms. The number of nitrogens with zero attached hydrogens (tertiary/aromatic N) is 25. The van der Waals surface area contributed by atoms with Gasteiger partial charge in [0.05, 0.1) is 117 Å². The number of benzene rings is 5. The van der Waals surface area contributed by atoms with E-state index in [1.54, 1.807) is 136 Å². The monoisotopic (exact) mass is 1690 g/mol. The van der Waals surface area contributed by atoms with Gasteiger partial charge in [-0.3, -0.25) is 4.98 Å². The SMILES string of the molecule is COCCn1cnc2c(-c3cccc(O)c3)nc(N3CCOCC3)nc21.Cn1cnc2c(-c3cccc(O)c3)nc(N3CCOCC3)nc21.OCCn1cnc2c(-c3cccc(O)c3)nc(N3CCOCC3)nc21.Oc1cccc(-c2nc(N3CCOCC3)nc3c2ncn3Cc2cccnc2)c1.Oc1cccc(-c2nc(N3CCOCC3)nc3nc[nH]c23)c1. The Balaban J connectivity index is 0.000000111. The number of aliphatic hydroxyl groups excluding tert-OH is 1. The molecule has 5 aliphatic heterocycles. The summed E-state index contributed by atoms with van der Waals surface area (Å²) in [6.45, 7) is 16.3. The highest BCUT2D eigenvalue weighted by Crippen LogP contribution is 2.36. The summed E-state index contributed by atoms with van der Waals surface area (Å²) in [6, 6.07) is 39.1. The van der Waals surface area contributed by atoms with Crippen molar-refractivity contribution in [3.8, 4) is 85.0 Å². The lowest BCUT2D eigenvalue weighted by Crippen LogP contribution is -2.37. The Hall–Kier alpha value is -14.3. The number of hydrogen-bond acceptors (Lipinski definition) is 33. The van der Waals surface area contributed by atoms with Crippen LogP contribution in [0.3, 0.4) is 0 Å². The van der Waals surface area contributed by atoms with Crippen molar-refractivity contribution in [2.75, 3.05) is 176 Å². The number of hydrogen-bond donors (Lipinski definition) is 7. The van der Waals surface area contributed by atoms with Crippen LogP contribution in [0, 0.1) is 0 Å². The second-order valence-electron chi connectivity index (χ2n) is 29.6. The summed E-state index contributed by atoms with van der Waals surface area (Å²) in [7, 11) is 3.59. The number of rotatable bonds is 17. The minimum absolute atomic E-state index is 0.00378. The molecule has 0 amide bonds. The first-order chi connectivity index (χ1) is 61.3. The van der Waals surface area contributed by atoms with Gasteiger partial charge in [0.15, 0.2) is 28.2 Å². The quantitative estimate of drug-likeness (QED) is 0.0450. The van der Waals surface area contributed by atoms with Crippen LogP contribution in [0.2, 0.25) is 0 Å². The lowest BCUT2D eigenvalue weighted by Gasteiger charge is -2.27. The number of aliphatic hydroxyl groups is 1. The molecule has 0 unspecified atom stereocenters. The van der Waals surface area contributed by atoms with Crippen molar-refractivity contribution < 1.29 is 59.1 Å². The molecule has 16 aromatic rings. The summed E-state index contributed by atoms with van der Waals surface area (Å²) in [5, 5.41) is 58.4. The van der Waals surface area contributed by atoms with Crippen LogP contribution in [-0.2, 0) is 55.1 Å². The van der Waals surface area contributed by atoms with Gasteiger partial charge in [-0.15, -0.1) is 0 Å². The first-order valence-electron chi connectivity index (χ1n) is 41.0. The van der Waals surface area contributed by atoms with Crippen molar-refractivity contribution in [3.63, 3.8) is 0 Å². The van der Waals surface area contributed by atoms with E-state index in [-0.39, 0.29) is 35.4 Å². The Morgan fingerprint density at radius 1 is 0.368 bits per heavy atom. The Morgan fingerprint density at radius 2 is 0.704 bits per heavy atom. The maximum Gasteiger partial charge on any atom is 0.228 e. The van der Waals surface area contributed by atoms with Crippen molar-refractivity contribution in [2.24, 2.45) is 7.05 Å². The summed E-state index contributed by atoms with van der Waals surface area (Å²) in [5.74, 6) is 4.18. The molecule has 0 atom stereocenters. The van der Waals surface area contributed by atoms with E-state index in [9.17, 15) is 30.6 Å². The average molecular weight is 1690 g/mol. The minimum atomic E-state index is 0.00378. The molecule has 642 valence electrons. The van der Waals surface area contributed by atoms with Crippen molar-refractivity contribution in [2.45, 2.75) is 19.6 Å². The van der Waals surface area contributed by atoms with Crippen LogP contribution in [0.4, 0.5) is 29.7 Å². The number of aromatic amines is 1. The molecular formula is C87H92N26O12. The van der Waals surface area contributed by atoms with E-state index >= 15 is 0 Å². The van der Waals surface area contributed by atoms with Gasteiger partial charge < -0.3 is 107 Å². The van der Waals surface area contributed by atoms with Crippen molar-refractivity contribution >= 4 is 85.6 Å². The van der Waals surface area contributed by atoms with Crippen molar-refractivity contribution in [1.29, 1.82) is 0 Å². The zero-order valence-electron chi connectivity index (χ0n) is 68.7. The fourth-order valence-electron chi connectivity index (χ4n) is 14.8. The highest BCUT2D eigenvalue weighted by Gasteiger charge is 2.27. The number of phenols is 5. The van der Waals surface area contributed by atoms with Gasteiger partial charge in [0, 0.05) is 133 Å². The number of morpholine rings is 5. The molecular weight excluding hydrogens is 1600 g/mol. The fraction of sp³-hybridized carbons (Fsp3) is 0.310. The van der Waals surface area contributed by atoms with E-state index in [1.165, 1.54) is 0 Å². The molecule has 0 saturated carbocycles. The lowest BCUT2D eigenvalue weighted by molar-refractivity contribution is 0.122. The van der Waals surface area contributed by atoms with Gasteiger partial charge in [-0.2, -0.15) is 24.9 Å². The standard InChI is InChI=1S/C21H20N6O2.C18H21N5O3.C17H19N5O3.C16H17N5O2.C15H15N5O2/c28-17-5-1-4-16(11-17)18-19-20(25-21(24-18)26-7-9-29-10-8-26)27(14-23-19)13-15-3-2-6-22-12-15;1-25-8-5-23-12-19-16-15(13-3-2-4-14(24)11-13)20-18(21-17(16)23)22-6-9-26-10-7-22;23-7-4-22-11-18-15-14(12-2-1-3-13(24)10-12)19-17(20-16(15)22)21-5-8-25-9-6-21;1-20-10-17-14-13(11-3-2-4-12(22)9-11)18-16(19-15(14)20)21-5-7-23-8-6-21;21-11-3-1-2-10(8-11)12-13-14(17-9-16-13)19-15(18-12)20-4-6-22-7-5-20/h1-6,11-12,14,28H,7-10,13H2;2-4,11-12,24H,5-10H2,1H3;1-3,10-11,23-24H,4-9H2;2-4,9-10,22H,5-8H2,1H3;1-3,8-9,21H,4-7H2,(H,16,17,18,19). The van der Waals surface area contributed by atoms with Crippen molar-refractivity contribution in [1.82, 2.24) is 103 Å². The van der Waals surface area contributed by atoms with E-state index in [1.807, 2.05) is 74.0 Å². The molecule has 38 nitrogen and oxygen atoms in total. The number of nitrogens with one attached hydrogen (secondary N) is 1. The number of aryl methyl sites for hydroxylation is 1. The molecule has 16 heterocycles. The molecule has 0 radical (unpaired) electrons. The third-order valence-electron chi connectivity index (χ3n) is 21.2. The summed E-state index contributed by atoms with van der Waals surface area (Å²) in [5.41, 5.74) is 15.8. The van der Waals surface area contributed by atoms with E-state index < -0.39 is 0 Å². The Labute approximate surface area is 715 Å². The van der Waals surface area contributed by atoms with Gasteiger partial charge in [-0.25, -0.2) is 49.8 Å². The zero-order valence-corrected chi connectivity index (χ0v) is 68.7. The second kappa shape index (κ2) is 38.8. The Bertz CT molecular complexity index is 6360. The fourth-order valence-corrected chi connectivity index (χ4v) is 14.8. The molecule has 125 heavy (non-hydrogen) atoms. The van der Waals surface area contributed by atoms with E-state index in [4.69, 9.17) is 58.3 Å². The highest BCUT2D eigenvalue weighted by atomic mass is 16.5. The minimum Gasteiger partial charge on any atom is -0.508 e. The van der Waals surface area contributed by atoms with E-state index in [2.05, 4.69) is 79.3 Å². The zero-order chi connectivity index (χ0) is 85.5. The smallest absolute Gasteiger partial charge is 0.228 e. The molecule has 7 N–H and O–H groups in total. The Morgan fingerprint density at radius 3 is 1.07 bits per heavy atom. The number of aromatic nitrogens is 21. The van der Waals surface area contributed by atoms with Gasteiger partial charge in [0.1, 0.15) is 84.8 Å². The van der Waals surface area contributed by atoms with Crippen LogP contribution in [0.1, 0.15) is 5.56 Å². The van der Waals surface area contributed by atoms with Crippen LogP contribution in [0.15, 0.2) is 177 Å². The number of ether oxygens (including phenoxy) is 6. The molecule has 0 bridgehead atoms. The number of H-pyrrole nitrogens is 1. The second-order valence-corrected chi connectivity index (χ2v) is 29.6. The first kappa shape index (κ1) is 83.0. The normalized spacial score (nSPS) is 15.0. The third kappa shape index (κ3) is 19.3. The summed E-state index contributed by atoms with van der Waals surface area (Å²) >= 11 is 0. The van der Waals surface area contributed by atoms with Gasteiger partial charge in [-0.1, -0.05) is 66.7 Å². The number of phenolic OH excluding ortho intramolecular Hbond substituents is 5. The first-order valence-corrected chi connectivity index (χ1v) is 41.0. The van der Waals surface area contributed by atoms with Crippen LogP contribution < -0.4 is 24.5 Å². The van der Waals surface area contributed by atoms with Crippen LogP contribution >= 0.6 is 0 Å². The number of aromatic hydroxyl groups is 5. The van der Waals surface area contributed by atoms with E-state index in [0.717, 1.165) is 138 Å². The van der Waals surface area contributed by atoms with Gasteiger partial charge in [0.2, 0.25) is 29.7 Å². The number of anilines is 5. The largest absolute Gasteiger partial charge is 0.508 e. The summed E-state index contributed by atoms with van der Waals surface area (Å²) < 4.78 is 39.9. The highest BCUT2D eigenvalue weighted by molar-refractivity contribution is 5.93. The Kier molecular flexibility index (Phi) is 25.8. The van der Waals surface area contributed by atoms with Gasteiger partial charge >= 0.3 is 0 Å². The number of fused-ring (bicyclic) bond motifs is 5.